The fraction of sp³-hybridized carbons (Fsp3) is 0.550. The number of hydrogen-bond acceptors (Lipinski definition) is 6. The number of hydrogen-bond donors (Lipinski definition) is 3. The van der Waals surface area contributed by atoms with Gasteiger partial charge in [0.2, 0.25) is 0 Å². The molecule has 6 nitrogen and oxygen atoms in total. The van der Waals surface area contributed by atoms with E-state index in [-0.39, 0.29) is 17.5 Å². The minimum atomic E-state index is -0.789. The Morgan fingerprint density at radius 2 is 1.81 bits per heavy atom. The number of benzene rings is 1. The molecule has 0 radical (unpaired) electrons. The molecule has 6 atom stereocenters. The van der Waals surface area contributed by atoms with Crippen LogP contribution in [-0.4, -0.2) is 51.1 Å². The third kappa shape index (κ3) is 2.73. The lowest BCUT2D eigenvalue weighted by Gasteiger charge is -2.53. The highest BCUT2D eigenvalue weighted by atomic mass is 16.5. The molecule has 0 aromatic heterocycles. The van der Waals surface area contributed by atoms with Gasteiger partial charge in [-0.1, -0.05) is 12.1 Å². The van der Waals surface area contributed by atoms with Crippen LogP contribution in [0, 0.1) is 11.8 Å². The molecule has 140 valence electrons. The molecule has 1 aromatic carbocycles. The lowest BCUT2D eigenvalue weighted by Crippen LogP contribution is -2.62. The molecule has 1 saturated carbocycles. The van der Waals surface area contributed by atoms with Crippen molar-refractivity contribution in [3.63, 3.8) is 0 Å². The van der Waals surface area contributed by atoms with Crippen molar-refractivity contribution >= 4 is 11.4 Å². The fourth-order valence-corrected chi connectivity index (χ4v) is 4.38. The van der Waals surface area contributed by atoms with Gasteiger partial charge < -0.3 is 24.8 Å². The molecule has 5 unspecified atom stereocenters. The Bertz CT molecular complexity index is 737. The first-order valence-electron chi connectivity index (χ1n) is 9.01. The fourth-order valence-electron chi connectivity index (χ4n) is 4.38. The molecule has 26 heavy (non-hydrogen) atoms. The summed E-state index contributed by atoms with van der Waals surface area (Å²) in [5.41, 5.74) is 0.320. The van der Waals surface area contributed by atoms with Crippen molar-refractivity contribution in [1.29, 1.82) is 0 Å². The first kappa shape index (κ1) is 17.5. The number of aromatic hydroxyl groups is 1. The van der Waals surface area contributed by atoms with Gasteiger partial charge in [-0.3, -0.25) is 4.79 Å². The summed E-state index contributed by atoms with van der Waals surface area (Å²) in [6.07, 6.45) is -0.126. The Kier molecular flexibility index (Phi) is 4.10. The number of ether oxygens (including phenoxy) is 2. The van der Waals surface area contributed by atoms with E-state index in [0.717, 1.165) is 0 Å². The maximum absolute atomic E-state index is 13.3. The number of rotatable bonds is 1. The Balaban J connectivity index is 1.68. The van der Waals surface area contributed by atoms with Gasteiger partial charge in [-0.15, -0.1) is 0 Å². The molecule has 1 aliphatic carbocycles. The zero-order valence-electron chi connectivity index (χ0n) is 14.8. The predicted octanol–water partition coefficient (Wildman–Crippen LogP) is 1.63. The quantitative estimate of drug-likeness (QED) is 0.704. The van der Waals surface area contributed by atoms with Gasteiger partial charge in [-0.05, 0) is 38.0 Å². The summed E-state index contributed by atoms with van der Waals surface area (Å²) in [7, 11) is 0. The monoisotopic (exact) mass is 360 g/mol. The number of ketones is 1. The minimum Gasteiger partial charge on any atom is -0.508 e. The molecule has 3 N–H and O–H groups in total. The van der Waals surface area contributed by atoms with Crippen molar-refractivity contribution in [3.8, 4) is 5.75 Å². The summed E-state index contributed by atoms with van der Waals surface area (Å²) >= 11 is 0. The maximum atomic E-state index is 13.3. The normalized spacial score (nSPS) is 38.6. The van der Waals surface area contributed by atoms with Gasteiger partial charge in [0, 0.05) is 12.3 Å². The minimum absolute atomic E-state index is 0.0824. The number of phenolic OH excluding ortho intramolecular Hbond substituents is 1. The van der Waals surface area contributed by atoms with Gasteiger partial charge in [-0.2, -0.15) is 0 Å². The zero-order valence-corrected chi connectivity index (χ0v) is 14.8. The molecule has 0 bridgehead atoms. The van der Waals surface area contributed by atoms with E-state index in [0.29, 0.717) is 24.0 Å². The van der Waals surface area contributed by atoms with Crippen molar-refractivity contribution in [2.75, 3.05) is 0 Å². The third-order valence-electron chi connectivity index (χ3n) is 5.99. The van der Waals surface area contributed by atoms with Crippen molar-refractivity contribution in [2.45, 2.75) is 56.7 Å². The summed E-state index contributed by atoms with van der Waals surface area (Å²) in [6.45, 7) is 3.60. The first-order chi connectivity index (χ1) is 12.3. The predicted molar refractivity (Wildman–Crippen MR) is 93.1 cm³/mol. The van der Waals surface area contributed by atoms with Crippen LogP contribution in [0.5, 0.6) is 5.75 Å². The number of aliphatic hydroxyl groups excluding tert-OH is 2. The Morgan fingerprint density at radius 1 is 1.12 bits per heavy atom. The Hall–Kier alpha value is -1.89. The van der Waals surface area contributed by atoms with Gasteiger partial charge in [0.25, 0.3) is 0 Å². The molecule has 4 rings (SSSR count). The van der Waals surface area contributed by atoms with Crippen LogP contribution in [0.3, 0.4) is 0 Å². The van der Waals surface area contributed by atoms with Crippen molar-refractivity contribution < 1.29 is 29.6 Å². The zero-order chi connectivity index (χ0) is 18.6. The molecule has 2 aliphatic heterocycles. The summed E-state index contributed by atoms with van der Waals surface area (Å²) in [4.78, 5) is 13.3. The van der Waals surface area contributed by atoms with Gasteiger partial charge in [0.05, 0.1) is 41.7 Å². The van der Waals surface area contributed by atoms with Crippen LogP contribution in [0.1, 0.15) is 32.3 Å². The van der Waals surface area contributed by atoms with Gasteiger partial charge in [-0.25, -0.2) is 0 Å². The van der Waals surface area contributed by atoms with E-state index in [9.17, 15) is 20.1 Å². The smallest absolute Gasteiger partial charge is 0.175 e. The lowest BCUT2D eigenvalue weighted by atomic mass is 9.66. The van der Waals surface area contributed by atoms with Gasteiger partial charge in [0.15, 0.2) is 5.78 Å². The largest absolute Gasteiger partial charge is 0.508 e. The summed E-state index contributed by atoms with van der Waals surface area (Å²) < 4.78 is 11.9. The molecule has 3 aliphatic rings. The lowest BCUT2D eigenvalue weighted by molar-refractivity contribution is -0.247. The number of carbonyl (C=O) groups is 1. The number of carbonyl (C=O) groups excluding carboxylic acids is 1. The van der Waals surface area contributed by atoms with Gasteiger partial charge >= 0.3 is 0 Å². The SMILES string of the molecule is CC1(C)OC2C(C[C@H]1O)C(O)CC1OC=C(c3ccc(O)cc3)C(=O)C12. The standard InChI is InChI=1S/C20H24O6/c1-20(2)16(23)7-12-14(22)8-15-17(19(12)26-20)18(24)13(9-25-15)10-3-5-11(21)6-4-10/h3-6,9,12,14-17,19,21-23H,7-8H2,1-2H3/t12?,14?,15?,16-,17?,19?/m1/s1. The highest BCUT2D eigenvalue weighted by Gasteiger charge is 2.56. The number of phenols is 1. The second-order valence-corrected chi connectivity index (χ2v) is 8.05. The van der Waals surface area contributed by atoms with E-state index in [4.69, 9.17) is 9.47 Å². The summed E-state index contributed by atoms with van der Waals surface area (Å²) in [5, 5.41) is 30.3. The third-order valence-corrected chi connectivity index (χ3v) is 5.99. The van der Waals surface area contributed by atoms with Crippen LogP contribution in [-0.2, 0) is 14.3 Å². The van der Waals surface area contributed by atoms with Crippen LogP contribution in [0.2, 0.25) is 0 Å². The van der Waals surface area contributed by atoms with E-state index >= 15 is 0 Å². The molecule has 1 saturated heterocycles. The number of fused-ring (bicyclic) bond motifs is 3. The highest BCUT2D eigenvalue weighted by molar-refractivity contribution is 6.22. The molecule has 2 fully saturated rings. The topological polar surface area (TPSA) is 96.2 Å². The molecule has 2 heterocycles. The van der Waals surface area contributed by atoms with Crippen molar-refractivity contribution in [2.24, 2.45) is 11.8 Å². The summed E-state index contributed by atoms with van der Waals surface area (Å²) in [5.74, 6) is -0.778. The average Bonchev–Trinajstić information content (AvgIpc) is 2.58. The van der Waals surface area contributed by atoms with Gasteiger partial charge in [0.1, 0.15) is 11.9 Å². The second kappa shape index (κ2) is 6.08. The van der Waals surface area contributed by atoms with Crippen LogP contribution < -0.4 is 0 Å². The first-order valence-corrected chi connectivity index (χ1v) is 9.01. The number of allylic oxidation sites excluding steroid dienone is 1. The van der Waals surface area contributed by atoms with Crippen LogP contribution in [0.25, 0.3) is 5.57 Å². The van der Waals surface area contributed by atoms with Crippen molar-refractivity contribution in [3.05, 3.63) is 36.1 Å². The maximum Gasteiger partial charge on any atom is 0.175 e. The number of Topliss-reactive ketones (excluding diaryl/α,β-unsaturated/α-hetero) is 1. The van der Waals surface area contributed by atoms with Crippen molar-refractivity contribution in [1.82, 2.24) is 0 Å². The average molecular weight is 360 g/mol. The Labute approximate surface area is 152 Å². The van der Waals surface area contributed by atoms with Crippen LogP contribution in [0.15, 0.2) is 30.5 Å². The van der Waals surface area contributed by atoms with Crippen LogP contribution >= 0.6 is 0 Å². The second-order valence-electron chi connectivity index (χ2n) is 8.05. The molecule has 0 amide bonds. The van der Waals surface area contributed by atoms with E-state index < -0.39 is 35.9 Å². The van der Waals surface area contributed by atoms with E-state index in [1.807, 2.05) is 0 Å². The Morgan fingerprint density at radius 3 is 2.50 bits per heavy atom. The summed E-state index contributed by atoms with van der Waals surface area (Å²) in [6, 6.07) is 6.40. The highest BCUT2D eigenvalue weighted by Crippen LogP contribution is 2.46. The van der Waals surface area contributed by atoms with Crippen LogP contribution in [0.4, 0.5) is 0 Å². The van der Waals surface area contributed by atoms with E-state index in [1.165, 1.54) is 18.4 Å². The molecule has 6 heteroatoms. The van der Waals surface area contributed by atoms with E-state index in [2.05, 4.69) is 0 Å². The molecule has 1 aromatic rings. The van der Waals surface area contributed by atoms with E-state index in [1.54, 1.807) is 26.0 Å². The molecule has 0 spiro atoms. The number of aliphatic hydroxyl groups is 2. The molecular weight excluding hydrogens is 336 g/mol. The molecular formula is C20H24O6.